The van der Waals surface area contributed by atoms with Crippen molar-refractivity contribution < 1.29 is 14.3 Å². The lowest BCUT2D eigenvalue weighted by molar-refractivity contribution is 0.0517. The van der Waals surface area contributed by atoms with Crippen molar-refractivity contribution in [3.63, 3.8) is 0 Å². The molecule has 10 heteroatoms. The number of aromatic nitrogens is 2. The average molecular weight is 508 g/mol. The van der Waals surface area contributed by atoms with Crippen LogP contribution in [0.4, 0.5) is 4.79 Å². The van der Waals surface area contributed by atoms with Crippen LogP contribution in [-0.2, 0) is 29.0 Å². The highest BCUT2D eigenvalue weighted by Crippen LogP contribution is 2.33. The molecule has 8 nitrogen and oxygen atoms in total. The number of amides is 1. The van der Waals surface area contributed by atoms with Crippen molar-refractivity contribution in [3.8, 4) is 11.1 Å². The molecule has 0 fully saturated rings. The Hall–Kier alpha value is -2.17. The molecule has 34 heavy (non-hydrogen) atoms. The second kappa shape index (κ2) is 12.0. The smallest absolute Gasteiger partial charge is 0.408 e. The number of hydrogen-bond acceptors (Lipinski definition) is 6. The average Bonchev–Trinajstić information content (AvgIpc) is 3.30. The van der Waals surface area contributed by atoms with E-state index in [0.717, 1.165) is 42.2 Å². The van der Waals surface area contributed by atoms with E-state index in [9.17, 15) is 4.79 Å². The maximum absolute atomic E-state index is 12.4. The first-order chi connectivity index (χ1) is 15.8. The van der Waals surface area contributed by atoms with E-state index in [0.29, 0.717) is 13.2 Å². The second-order valence-electron chi connectivity index (χ2n) is 10.8. The van der Waals surface area contributed by atoms with Gasteiger partial charge in [0.2, 0.25) is 0 Å². The molecule has 0 radical (unpaired) electrons. The number of amidine groups is 1. The van der Waals surface area contributed by atoms with Crippen LogP contribution in [-0.4, -0.2) is 48.0 Å². The highest BCUT2D eigenvalue weighted by atomic mass is 32.1. The molecule has 0 aromatic carbocycles. The van der Waals surface area contributed by atoms with Crippen molar-refractivity contribution in [2.45, 2.75) is 91.0 Å². The molecule has 0 saturated heterocycles. The lowest BCUT2D eigenvalue weighted by Crippen LogP contribution is -2.47. The number of carbonyl (C=O) groups is 1. The molecule has 1 amide bonds. The summed E-state index contributed by atoms with van der Waals surface area (Å²) in [6.07, 6.45) is 5.59. The van der Waals surface area contributed by atoms with Gasteiger partial charge in [0.05, 0.1) is 12.2 Å². The number of hydrogen-bond donors (Lipinski definition) is 3. The predicted molar refractivity (Wildman–Crippen MR) is 142 cm³/mol. The fourth-order valence-corrected chi connectivity index (χ4v) is 5.28. The van der Waals surface area contributed by atoms with Gasteiger partial charge in [0.25, 0.3) is 0 Å². The third-order valence-electron chi connectivity index (χ3n) is 5.10. The van der Waals surface area contributed by atoms with E-state index in [-0.39, 0.29) is 5.84 Å². The minimum atomic E-state index is -1.13. The van der Waals surface area contributed by atoms with Gasteiger partial charge < -0.3 is 20.5 Å². The van der Waals surface area contributed by atoms with Crippen LogP contribution in [0.15, 0.2) is 17.8 Å². The van der Waals surface area contributed by atoms with E-state index in [2.05, 4.69) is 42.4 Å². The molecular weight excluding hydrogens is 466 g/mol. The summed E-state index contributed by atoms with van der Waals surface area (Å²) in [4.78, 5) is 13.6. The Bertz CT molecular complexity index is 959. The highest BCUT2D eigenvalue weighted by Gasteiger charge is 2.24. The Morgan fingerprint density at radius 3 is 2.65 bits per heavy atom. The normalized spacial score (nSPS) is 13.0. The van der Waals surface area contributed by atoms with Crippen LogP contribution in [0.3, 0.4) is 0 Å². The summed E-state index contributed by atoms with van der Waals surface area (Å²) in [5.74, 6) is -0.100. The van der Waals surface area contributed by atoms with Crippen LogP contribution in [0.25, 0.3) is 11.1 Å². The fraction of sp³-hybridized carbons (Fsp3) is 0.625. The van der Waals surface area contributed by atoms with Crippen molar-refractivity contribution in [3.05, 3.63) is 28.2 Å². The Morgan fingerprint density at radius 1 is 1.35 bits per heavy atom. The largest absolute Gasteiger partial charge is 0.444 e. The number of nitrogens with zero attached hydrogens (tertiary/aromatic N) is 2. The van der Waals surface area contributed by atoms with Crippen molar-refractivity contribution in [2.75, 3.05) is 6.61 Å². The maximum Gasteiger partial charge on any atom is 0.408 e. The third kappa shape index (κ3) is 9.23. The van der Waals surface area contributed by atoms with Crippen molar-refractivity contribution >= 4 is 31.3 Å². The molecular formula is C24H41N5O3SSi. The Morgan fingerprint density at radius 2 is 2.06 bits per heavy atom. The first kappa shape index (κ1) is 28.1. The third-order valence-corrected chi connectivity index (χ3v) is 7.89. The van der Waals surface area contributed by atoms with Crippen LogP contribution < -0.4 is 11.1 Å². The molecule has 1 unspecified atom stereocenters. The number of nitrogens with two attached hydrogens (primary N) is 1. The molecule has 0 saturated carbocycles. The van der Waals surface area contributed by atoms with E-state index in [4.69, 9.17) is 20.6 Å². The molecule has 0 aliphatic heterocycles. The van der Waals surface area contributed by atoms with E-state index in [1.165, 1.54) is 4.88 Å². The number of nitrogens with one attached hydrogen (secondary N) is 2. The fourth-order valence-electron chi connectivity index (χ4n) is 3.33. The molecule has 2 aromatic heterocycles. The first-order valence-electron chi connectivity index (χ1n) is 11.8. The summed E-state index contributed by atoms with van der Waals surface area (Å²) in [7, 11) is -1.13. The van der Waals surface area contributed by atoms with Gasteiger partial charge in [-0.25, -0.2) is 9.48 Å². The lowest BCUT2D eigenvalue weighted by Gasteiger charge is -2.23. The summed E-state index contributed by atoms with van der Waals surface area (Å²) in [6.45, 7) is 15.7. The highest BCUT2D eigenvalue weighted by molar-refractivity contribution is 7.10. The molecule has 0 aliphatic rings. The minimum absolute atomic E-state index is 0.100. The Kier molecular flexibility index (Phi) is 9.90. The number of aryl methyl sites for hydroxylation is 1. The van der Waals surface area contributed by atoms with Gasteiger partial charge in [-0.3, -0.25) is 5.41 Å². The zero-order valence-electron chi connectivity index (χ0n) is 21.7. The van der Waals surface area contributed by atoms with Crippen LogP contribution in [0.1, 0.15) is 44.6 Å². The van der Waals surface area contributed by atoms with Gasteiger partial charge in [-0.2, -0.15) is 5.10 Å². The van der Waals surface area contributed by atoms with Crippen molar-refractivity contribution in [1.29, 1.82) is 5.41 Å². The topological polar surface area (TPSA) is 115 Å². The number of carbonyl (C=O) groups excluding carboxylic acids is 1. The van der Waals surface area contributed by atoms with E-state index < -0.39 is 25.8 Å². The van der Waals surface area contributed by atoms with Crippen LogP contribution in [0.5, 0.6) is 0 Å². The monoisotopic (exact) mass is 507 g/mol. The van der Waals surface area contributed by atoms with E-state index in [1.807, 2.05) is 17.1 Å². The Balaban J connectivity index is 2.19. The molecule has 1 atom stereocenters. The van der Waals surface area contributed by atoms with Gasteiger partial charge in [0, 0.05) is 37.7 Å². The summed E-state index contributed by atoms with van der Waals surface area (Å²) in [5, 5.41) is 17.4. The zero-order chi connectivity index (χ0) is 25.5. The van der Waals surface area contributed by atoms with E-state index in [1.54, 1.807) is 32.1 Å². The first-order valence-corrected chi connectivity index (χ1v) is 16.4. The second-order valence-corrected chi connectivity index (χ2v) is 17.4. The summed E-state index contributed by atoms with van der Waals surface area (Å²) in [5.41, 5.74) is 8.37. The molecule has 0 bridgehead atoms. The van der Waals surface area contributed by atoms with Gasteiger partial charge >= 0.3 is 6.09 Å². The van der Waals surface area contributed by atoms with Gasteiger partial charge in [0.15, 0.2) is 0 Å². The van der Waals surface area contributed by atoms with Crippen molar-refractivity contribution in [1.82, 2.24) is 15.1 Å². The number of thiophene rings is 1. The molecule has 190 valence electrons. The number of rotatable bonds is 12. The van der Waals surface area contributed by atoms with Gasteiger partial charge in [-0.15, -0.1) is 11.3 Å². The molecule has 0 spiro atoms. The molecule has 4 N–H and O–H groups in total. The summed E-state index contributed by atoms with van der Waals surface area (Å²) in [6, 6.07) is 0.464. The minimum Gasteiger partial charge on any atom is -0.444 e. The molecule has 2 aromatic rings. The zero-order valence-corrected chi connectivity index (χ0v) is 23.5. The van der Waals surface area contributed by atoms with Crippen LogP contribution in [0, 0.1) is 5.41 Å². The molecule has 2 rings (SSSR count). The summed E-state index contributed by atoms with van der Waals surface area (Å²) < 4.78 is 13.0. The quantitative estimate of drug-likeness (QED) is 0.157. The number of ether oxygens (including phenoxy) is 2. The van der Waals surface area contributed by atoms with Crippen molar-refractivity contribution in [2.24, 2.45) is 5.73 Å². The van der Waals surface area contributed by atoms with Crippen LogP contribution in [0.2, 0.25) is 25.7 Å². The maximum atomic E-state index is 12.4. The summed E-state index contributed by atoms with van der Waals surface area (Å²) >= 11 is 1.69. The Labute approximate surface area is 208 Å². The van der Waals surface area contributed by atoms with Gasteiger partial charge in [-0.05, 0) is 49.7 Å². The number of alkyl carbamates (subject to hydrolysis) is 1. The van der Waals surface area contributed by atoms with Gasteiger partial charge in [-0.1, -0.05) is 33.0 Å². The molecule has 0 aliphatic carbocycles. The predicted octanol–water partition coefficient (Wildman–Crippen LogP) is 5.25. The standard InChI is InChI=1S/C24H41N5O3SSi/c1-8-9-21-18(12-20(22(25)26)28-23(30)32-24(2,3)4)19(15-33-21)17-13-27-29(14-17)16-31-10-11-34(5,6)7/h13-15,20H,8-12,16H2,1-7H3,(H3,25,26)(H,28,30). The van der Waals surface area contributed by atoms with E-state index >= 15 is 0 Å². The lowest BCUT2D eigenvalue weighted by atomic mass is 9.97. The van der Waals surface area contributed by atoms with Crippen LogP contribution >= 0.6 is 11.3 Å². The molecule has 2 heterocycles. The van der Waals surface area contributed by atoms with Gasteiger partial charge in [0.1, 0.15) is 18.2 Å². The SMILES string of the molecule is CCCc1scc(-c2cnn(COCC[Si](C)(C)C)c2)c1CC(NC(=O)OC(C)(C)C)C(=N)N.